The fourth-order valence-corrected chi connectivity index (χ4v) is 2.13. The first-order valence-electron chi connectivity index (χ1n) is 6.35. The number of para-hydroxylation sites is 1. The molecule has 0 unspecified atom stereocenters. The van der Waals surface area contributed by atoms with Gasteiger partial charge in [0.05, 0.1) is 21.9 Å². The summed E-state index contributed by atoms with van der Waals surface area (Å²) in [6.45, 7) is 1.58. The molecule has 2 aromatic rings. The highest BCUT2D eigenvalue weighted by molar-refractivity contribution is 9.10. The summed E-state index contributed by atoms with van der Waals surface area (Å²) in [5.74, 6) is -0.767. The van der Waals surface area contributed by atoms with E-state index in [4.69, 9.17) is 5.73 Å². The predicted molar refractivity (Wildman–Crippen MR) is 86.1 cm³/mol. The van der Waals surface area contributed by atoms with Crippen molar-refractivity contribution in [2.24, 2.45) is 5.73 Å². The van der Waals surface area contributed by atoms with Crippen LogP contribution in [-0.2, 0) is 4.79 Å². The third-order valence-corrected chi connectivity index (χ3v) is 3.58. The van der Waals surface area contributed by atoms with Crippen LogP contribution in [0.25, 0.3) is 0 Å². The molecule has 21 heavy (non-hydrogen) atoms. The Balaban J connectivity index is 2.37. The van der Waals surface area contributed by atoms with Crippen molar-refractivity contribution in [1.29, 1.82) is 0 Å². The van der Waals surface area contributed by atoms with Crippen LogP contribution in [0.1, 0.15) is 6.92 Å². The van der Waals surface area contributed by atoms with E-state index in [-0.39, 0.29) is 10.4 Å². The van der Waals surface area contributed by atoms with Gasteiger partial charge in [-0.2, -0.15) is 0 Å². The molecule has 0 fully saturated rings. The zero-order chi connectivity index (χ0) is 15.4. The van der Waals surface area contributed by atoms with Crippen LogP contribution in [0.2, 0.25) is 0 Å². The fraction of sp³-hybridized carbons (Fsp3) is 0.133. The van der Waals surface area contributed by atoms with Gasteiger partial charge in [0.25, 0.3) is 0 Å². The molecule has 0 aliphatic rings. The maximum absolute atomic E-state index is 13.7. The number of hydrogen-bond donors (Lipinski definition) is 3. The molecular formula is C15H15BrFN3O. The van der Waals surface area contributed by atoms with Gasteiger partial charge in [-0.15, -0.1) is 0 Å². The molecule has 0 heterocycles. The minimum Gasteiger partial charge on any atom is -0.353 e. The van der Waals surface area contributed by atoms with Gasteiger partial charge in [0.15, 0.2) is 0 Å². The Morgan fingerprint density at radius 2 is 1.90 bits per heavy atom. The molecule has 0 spiro atoms. The zero-order valence-corrected chi connectivity index (χ0v) is 12.9. The van der Waals surface area contributed by atoms with E-state index >= 15 is 0 Å². The lowest BCUT2D eigenvalue weighted by atomic mass is 10.2. The molecule has 0 aliphatic carbocycles. The van der Waals surface area contributed by atoms with Crippen LogP contribution >= 0.6 is 15.9 Å². The minimum atomic E-state index is -0.654. The number of nitrogens with two attached hydrogens (primary N) is 1. The van der Waals surface area contributed by atoms with Crippen molar-refractivity contribution in [3.05, 3.63) is 52.8 Å². The topological polar surface area (TPSA) is 67.2 Å². The molecular weight excluding hydrogens is 337 g/mol. The van der Waals surface area contributed by atoms with Crippen molar-refractivity contribution >= 4 is 38.9 Å². The maximum atomic E-state index is 13.7. The van der Waals surface area contributed by atoms with E-state index in [1.54, 1.807) is 6.92 Å². The molecule has 0 saturated heterocycles. The molecule has 110 valence electrons. The van der Waals surface area contributed by atoms with Crippen LogP contribution in [0.5, 0.6) is 0 Å². The van der Waals surface area contributed by atoms with Crippen molar-refractivity contribution in [2.75, 3.05) is 10.6 Å². The molecule has 1 atom stereocenters. The summed E-state index contributed by atoms with van der Waals surface area (Å²) >= 11 is 3.20. The summed E-state index contributed by atoms with van der Waals surface area (Å²) < 4.78 is 14.0. The maximum Gasteiger partial charge on any atom is 0.241 e. The van der Waals surface area contributed by atoms with Crippen molar-refractivity contribution in [1.82, 2.24) is 0 Å². The lowest BCUT2D eigenvalue weighted by Crippen LogP contribution is -2.32. The number of carbonyl (C=O) groups is 1. The van der Waals surface area contributed by atoms with E-state index in [0.717, 1.165) is 5.69 Å². The first-order valence-corrected chi connectivity index (χ1v) is 7.15. The monoisotopic (exact) mass is 351 g/mol. The van der Waals surface area contributed by atoms with Crippen LogP contribution in [0.3, 0.4) is 0 Å². The second-order valence-electron chi connectivity index (χ2n) is 4.55. The van der Waals surface area contributed by atoms with Crippen molar-refractivity contribution in [3.8, 4) is 0 Å². The molecule has 6 heteroatoms. The molecule has 0 radical (unpaired) electrons. The standard InChI is InChI=1S/C15H15BrFN3O/c1-9(18)15(21)20-12-8-7-11(17)13(16)14(12)19-10-5-3-2-4-6-10/h2-9,19H,18H2,1H3,(H,20,21)/t9-/m0/s1. The van der Waals surface area contributed by atoms with Crippen LogP contribution in [0.15, 0.2) is 46.9 Å². The van der Waals surface area contributed by atoms with Crippen LogP contribution in [0, 0.1) is 5.82 Å². The summed E-state index contributed by atoms with van der Waals surface area (Å²) in [4.78, 5) is 11.7. The molecule has 0 bridgehead atoms. The van der Waals surface area contributed by atoms with E-state index in [1.165, 1.54) is 12.1 Å². The number of carbonyl (C=O) groups excluding carboxylic acids is 1. The molecule has 4 N–H and O–H groups in total. The molecule has 1 amide bonds. The molecule has 0 aliphatic heterocycles. The summed E-state index contributed by atoms with van der Waals surface area (Å²) in [5.41, 5.74) is 7.21. The molecule has 4 nitrogen and oxygen atoms in total. The average molecular weight is 352 g/mol. The number of rotatable bonds is 4. The second kappa shape index (κ2) is 6.69. The van der Waals surface area contributed by atoms with Gasteiger partial charge in [0, 0.05) is 5.69 Å². The Morgan fingerprint density at radius 1 is 1.24 bits per heavy atom. The number of hydrogen-bond acceptors (Lipinski definition) is 3. The second-order valence-corrected chi connectivity index (χ2v) is 5.35. The van der Waals surface area contributed by atoms with Gasteiger partial charge >= 0.3 is 0 Å². The molecule has 0 saturated carbocycles. The highest BCUT2D eigenvalue weighted by Crippen LogP contribution is 2.35. The van der Waals surface area contributed by atoms with E-state index in [0.29, 0.717) is 11.4 Å². The van der Waals surface area contributed by atoms with Crippen molar-refractivity contribution in [3.63, 3.8) is 0 Å². The van der Waals surface area contributed by atoms with E-state index in [2.05, 4.69) is 26.6 Å². The van der Waals surface area contributed by atoms with Gasteiger partial charge in [-0.05, 0) is 47.1 Å². The van der Waals surface area contributed by atoms with Gasteiger partial charge < -0.3 is 16.4 Å². The van der Waals surface area contributed by atoms with E-state index in [1.807, 2.05) is 30.3 Å². The predicted octanol–water partition coefficient (Wildman–Crippen LogP) is 3.62. The van der Waals surface area contributed by atoms with Gasteiger partial charge in [-0.25, -0.2) is 4.39 Å². The van der Waals surface area contributed by atoms with Crippen molar-refractivity contribution in [2.45, 2.75) is 13.0 Å². The Hall–Kier alpha value is -1.92. The first-order chi connectivity index (χ1) is 9.99. The zero-order valence-electron chi connectivity index (χ0n) is 11.4. The Morgan fingerprint density at radius 3 is 2.52 bits per heavy atom. The molecule has 2 rings (SSSR count). The Labute approximate surface area is 130 Å². The SMILES string of the molecule is C[C@H](N)C(=O)Nc1ccc(F)c(Br)c1Nc1ccccc1. The number of halogens is 2. The largest absolute Gasteiger partial charge is 0.353 e. The lowest BCUT2D eigenvalue weighted by Gasteiger charge is -2.16. The van der Waals surface area contributed by atoms with E-state index in [9.17, 15) is 9.18 Å². The number of amides is 1. The van der Waals surface area contributed by atoms with Crippen LogP contribution < -0.4 is 16.4 Å². The molecule has 2 aromatic carbocycles. The van der Waals surface area contributed by atoms with E-state index < -0.39 is 11.9 Å². The molecule has 0 aromatic heterocycles. The first kappa shape index (κ1) is 15.5. The highest BCUT2D eigenvalue weighted by atomic mass is 79.9. The third kappa shape index (κ3) is 3.80. The minimum absolute atomic E-state index is 0.244. The summed E-state index contributed by atoms with van der Waals surface area (Å²) in [7, 11) is 0. The van der Waals surface area contributed by atoms with Crippen LogP contribution in [-0.4, -0.2) is 11.9 Å². The van der Waals surface area contributed by atoms with Gasteiger partial charge in [0.2, 0.25) is 5.91 Å². The fourth-order valence-electron chi connectivity index (χ4n) is 1.69. The number of nitrogens with one attached hydrogen (secondary N) is 2. The number of benzene rings is 2. The summed E-state index contributed by atoms with van der Waals surface area (Å²) in [6.07, 6.45) is 0. The smallest absolute Gasteiger partial charge is 0.241 e. The summed E-state index contributed by atoms with van der Waals surface area (Å²) in [6, 6.07) is 11.4. The number of anilines is 3. The Kier molecular flexibility index (Phi) is 4.93. The van der Waals surface area contributed by atoms with Crippen LogP contribution in [0.4, 0.5) is 21.5 Å². The summed E-state index contributed by atoms with van der Waals surface area (Å²) in [5, 5.41) is 5.76. The lowest BCUT2D eigenvalue weighted by molar-refractivity contribution is -0.117. The van der Waals surface area contributed by atoms with Crippen molar-refractivity contribution < 1.29 is 9.18 Å². The van der Waals surface area contributed by atoms with Gasteiger partial charge in [-0.1, -0.05) is 18.2 Å². The normalized spacial score (nSPS) is 11.8. The third-order valence-electron chi connectivity index (χ3n) is 2.81. The average Bonchev–Trinajstić information content (AvgIpc) is 2.47. The Bertz CT molecular complexity index is 647. The van der Waals surface area contributed by atoms with Gasteiger partial charge in [-0.3, -0.25) is 4.79 Å². The quantitative estimate of drug-likeness (QED) is 0.787. The van der Waals surface area contributed by atoms with Gasteiger partial charge in [0.1, 0.15) is 5.82 Å². The highest BCUT2D eigenvalue weighted by Gasteiger charge is 2.15.